The topological polar surface area (TPSA) is 32.3 Å². The predicted molar refractivity (Wildman–Crippen MR) is 98.6 cm³/mol. The minimum absolute atomic E-state index is 0.0940. The SMILES string of the molecule is O=C1NCCCN(C/C=C/c2ccc(F)cc2)C1Cc1ccccc1. The fraction of sp³-hybridized carbons (Fsp3) is 0.286. The summed E-state index contributed by atoms with van der Waals surface area (Å²) in [7, 11) is 0. The van der Waals surface area contributed by atoms with Crippen molar-refractivity contribution >= 4 is 12.0 Å². The van der Waals surface area contributed by atoms with Crippen molar-refractivity contribution in [3.05, 3.63) is 77.6 Å². The Morgan fingerprint density at radius 2 is 1.88 bits per heavy atom. The van der Waals surface area contributed by atoms with Crippen LogP contribution in [0.5, 0.6) is 0 Å². The van der Waals surface area contributed by atoms with Crippen LogP contribution < -0.4 is 5.32 Å². The Morgan fingerprint density at radius 3 is 2.64 bits per heavy atom. The number of amides is 1. The summed E-state index contributed by atoms with van der Waals surface area (Å²) in [6, 6.07) is 16.4. The number of rotatable bonds is 5. The van der Waals surface area contributed by atoms with Crippen LogP contribution in [0.3, 0.4) is 0 Å². The van der Waals surface area contributed by atoms with E-state index in [0.29, 0.717) is 13.0 Å². The average Bonchev–Trinajstić information content (AvgIpc) is 2.80. The Hall–Kier alpha value is -2.46. The summed E-state index contributed by atoms with van der Waals surface area (Å²) in [4.78, 5) is 14.7. The van der Waals surface area contributed by atoms with Gasteiger partial charge in [-0.2, -0.15) is 0 Å². The number of hydrogen-bond acceptors (Lipinski definition) is 2. The molecule has 130 valence electrons. The second-order valence-electron chi connectivity index (χ2n) is 6.30. The molecule has 1 aliphatic rings. The molecule has 3 rings (SSSR count). The zero-order chi connectivity index (χ0) is 17.5. The zero-order valence-electron chi connectivity index (χ0n) is 14.2. The molecular formula is C21H23FN2O. The number of nitrogens with zero attached hydrogens (tertiary/aromatic N) is 1. The molecule has 1 atom stereocenters. The monoisotopic (exact) mass is 338 g/mol. The molecule has 1 heterocycles. The summed E-state index contributed by atoms with van der Waals surface area (Å²) in [5.74, 6) is -0.138. The largest absolute Gasteiger partial charge is 0.355 e. The van der Waals surface area contributed by atoms with E-state index < -0.39 is 0 Å². The van der Waals surface area contributed by atoms with Gasteiger partial charge in [0, 0.05) is 19.6 Å². The lowest BCUT2D eigenvalue weighted by atomic mass is 10.0. The molecule has 3 nitrogen and oxygen atoms in total. The van der Waals surface area contributed by atoms with Gasteiger partial charge in [-0.3, -0.25) is 9.69 Å². The van der Waals surface area contributed by atoms with Gasteiger partial charge in [0.2, 0.25) is 5.91 Å². The van der Waals surface area contributed by atoms with E-state index in [4.69, 9.17) is 0 Å². The summed E-state index contributed by atoms with van der Waals surface area (Å²) in [5, 5.41) is 3.01. The Labute approximate surface area is 148 Å². The molecular weight excluding hydrogens is 315 g/mol. The molecule has 0 aliphatic carbocycles. The van der Waals surface area contributed by atoms with E-state index in [-0.39, 0.29) is 17.8 Å². The number of halogens is 1. The number of carbonyl (C=O) groups is 1. The molecule has 0 bridgehead atoms. The van der Waals surface area contributed by atoms with Gasteiger partial charge < -0.3 is 5.32 Å². The van der Waals surface area contributed by atoms with Crippen molar-refractivity contribution in [2.45, 2.75) is 18.9 Å². The van der Waals surface area contributed by atoms with Crippen molar-refractivity contribution in [1.82, 2.24) is 10.2 Å². The molecule has 0 saturated carbocycles. The van der Waals surface area contributed by atoms with E-state index in [2.05, 4.69) is 22.3 Å². The van der Waals surface area contributed by atoms with Crippen molar-refractivity contribution in [1.29, 1.82) is 0 Å². The second-order valence-corrected chi connectivity index (χ2v) is 6.30. The summed E-state index contributed by atoms with van der Waals surface area (Å²) in [5.41, 5.74) is 2.12. The van der Waals surface area contributed by atoms with E-state index in [1.54, 1.807) is 12.1 Å². The normalized spacial score (nSPS) is 18.9. The number of nitrogens with one attached hydrogen (secondary N) is 1. The first-order valence-corrected chi connectivity index (χ1v) is 8.70. The van der Waals surface area contributed by atoms with Crippen LogP contribution in [0, 0.1) is 5.82 Å². The van der Waals surface area contributed by atoms with Crippen LogP contribution in [0.15, 0.2) is 60.7 Å². The second kappa shape index (κ2) is 8.58. The average molecular weight is 338 g/mol. The number of hydrogen-bond donors (Lipinski definition) is 1. The highest BCUT2D eigenvalue weighted by Crippen LogP contribution is 2.13. The molecule has 2 aromatic rings. The van der Waals surface area contributed by atoms with Gasteiger partial charge in [-0.1, -0.05) is 54.6 Å². The van der Waals surface area contributed by atoms with E-state index >= 15 is 0 Å². The lowest BCUT2D eigenvalue weighted by Gasteiger charge is -2.27. The molecule has 0 aromatic heterocycles. The van der Waals surface area contributed by atoms with Gasteiger partial charge in [-0.25, -0.2) is 4.39 Å². The lowest BCUT2D eigenvalue weighted by molar-refractivity contribution is -0.125. The molecule has 1 unspecified atom stereocenters. The predicted octanol–water partition coefficient (Wildman–Crippen LogP) is 3.27. The maximum atomic E-state index is 13.0. The van der Waals surface area contributed by atoms with Gasteiger partial charge in [0.05, 0.1) is 6.04 Å². The summed E-state index contributed by atoms with van der Waals surface area (Å²) in [6.45, 7) is 2.30. The van der Waals surface area contributed by atoms with E-state index in [1.165, 1.54) is 12.1 Å². The summed E-state index contributed by atoms with van der Waals surface area (Å²) in [6.07, 6.45) is 5.67. The fourth-order valence-corrected chi connectivity index (χ4v) is 3.11. The first kappa shape index (κ1) is 17.4. The van der Waals surface area contributed by atoms with Crippen LogP contribution in [0.1, 0.15) is 17.5 Å². The lowest BCUT2D eigenvalue weighted by Crippen LogP contribution is -2.45. The van der Waals surface area contributed by atoms with Crippen molar-refractivity contribution in [3.8, 4) is 0 Å². The molecule has 1 aliphatic heterocycles. The van der Waals surface area contributed by atoms with Crippen molar-refractivity contribution in [2.24, 2.45) is 0 Å². The highest BCUT2D eigenvalue weighted by molar-refractivity contribution is 5.82. The number of carbonyl (C=O) groups excluding carboxylic acids is 1. The molecule has 1 amide bonds. The van der Waals surface area contributed by atoms with Crippen molar-refractivity contribution in [2.75, 3.05) is 19.6 Å². The van der Waals surface area contributed by atoms with Crippen LogP contribution in [-0.4, -0.2) is 36.5 Å². The Bertz CT molecular complexity index is 712. The third-order valence-corrected chi connectivity index (χ3v) is 4.46. The number of benzene rings is 2. The van der Waals surface area contributed by atoms with Gasteiger partial charge in [0.15, 0.2) is 0 Å². The van der Waals surface area contributed by atoms with Gasteiger partial charge in [-0.15, -0.1) is 0 Å². The Morgan fingerprint density at radius 1 is 1.12 bits per heavy atom. The fourth-order valence-electron chi connectivity index (χ4n) is 3.11. The molecule has 4 heteroatoms. The Balaban J connectivity index is 1.69. The van der Waals surface area contributed by atoms with Gasteiger partial charge in [0.1, 0.15) is 5.82 Å². The summed E-state index contributed by atoms with van der Waals surface area (Å²) < 4.78 is 13.0. The Kier molecular flexibility index (Phi) is 5.96. The highest BCUT2D eigenvalue weighted by atomic mass is 19.1. The van der Waals surface area contributed by atoms with Gasteiger partial charge in [-0.05, 0) is 36.1 Å². The minimum atomic E-state index is -0.232. The molecule has 0 radical (unpaired) electrons. The molecule has 1 saturated heterocycles. The smallest absolute Gasteiger partial charge is 0.237 e. The van der Waals surface area contributed by atoms with Crippen LogP contribution in [0.2, 0.25) is 0 Å². The van der Waals surface area contributed by atoms with Crippen LogP contribution in [-0.2, 0) is 11.2 Å². The first-order valence-electron chi connectivity index (χ1n) is 8.70. The van der Waals surface area contributed by atoms with Gasteiger partial charge >= 0.3 is 0 Å². The maximum Gasteiger partial charge on any atom is 0.237 e. The van der Waals surface area contributed by atoms with Gasteiger partial charge in [0.25, 0.3) is 0 Å². The summed E-state index contributed by atoms with van der Waals surface area (Å²) >= 11 is 0. The molecule has 0 spiro atoms. The minimum Gasteiger partial charge on any atom is -0.355 e. The van der Waals surface area contributed by atoms with Crippen molar-refractivity contribution in [3.63, 3.8) is 0 Å². The van der Waals surface area contributed by atoms with E-state index in [0.717, 1.165) is 30.6 Å². The standard InChI is InChI=1S/C21H23FN2O/c22-19-11-9-17(10-12-19)8-4-14-24-15-5-13-23-21(25)20(24)16-18-6-2-1-3-7-18/h1-4,6-12,20H,5,13-16H2,(H,23,25)/b8-4+. The van der Waals surface area contributed by atoms with Crippen LogP contribution in [0.25, 0.3) is 6.08 Å². The first-order chi connectivity index (χ1) is 12.2. The maximum absolute atomic E-state index is 13.0. The van der Waals surface area contributed by atoms with Crippen LogP contribution in [0.4, 0.5) is 4.39 Å². The van der Waals surface area contributed by atoms with Crippen LogP contribution >= 0.6 is 0 Å². The quantitative estimate of drug-likeness (QED) is 0.907. The van der Waals surface area contributed by atoms with E-state index in [1.807, 2.05) is 30.4 Å². The molecule has 2 aromatic carbocycles. The molecule has 1 N–H and O–H groups in total. The third-order valence-electron chi connectivity index (χ3n) is 4.46. The highest BCUT2D eigenvalue weighted by Gasteiger charge is 2.27. The van der Waals surface area contributed by atoms with Crippen molar-refractivity contribution < 1.29 is 9.18 Å². The van der Waals surface area contributed by atoms with E-state index in [9.17, 15) is 9.18 Å². The molecule has 1 fully saturated rings. The third kappa shape index (κ3) is 5.00. The zero-order valence-corrected chi connectivity index (χ0v) is 14.2. The molecule has 25 heavy (non-hydrogen) atoms.